The molecule has 392 valence electrons. The van der Waals surface area contributed by atoms with E-state index in [1.54, 1.807) is 25.3 Å². The molecule has 4 aliphatic heterocycles. The molecule has 3 saturated heterocycles. The fourth-order valence-electron chi connectivity index (χ4n) is 11.6. The molecule has 2 aromatic carbocycles. The van der Waals surface area contributed by atoms with Crippen molar-refractivity contribution in [2.45, 2.75) is 116 Å². The number of nitrogens with zero attached hydrogens (tertiary/aromatic N) is 7. The first-order valence-corrected chi connectivity index (χ1v) is 25.9. The van der Waals surface area contributed by atoms with E-state index in [2.05, 4.69) is 72.8 Å². The van der Waals surface area contributed by atoms with Crippen LogP contribution in [0.5, 0.6) is 0 Å². The largest absolute Gasteiger partial charge is 0.464 e. The summed E-state index contributed by atoms with van der Waals surface area (Å²) < 4.78 is 30.3. The average molecular weight is 1000 g/mol. The molecule has 4 aliphatic rings. The van der Waals surface area contributed by atoms with Crippen molar-refractivity contribution < 1.29 is 37.8 Å². The molecule has 0 aliphatic carbocycles. The van der Waals surface area contributed by atoms with E-state index < -0.39 is 47.1 Å². The Bertz CT molecular complexity index is 2750. The number of rotatable bonds is 9. The van der Waals surface area contributed by atoms with Crippen LogP contribution in [0.4, 0.5) is 9.18 Å². The standard InChI is InChI=1S/C56H74FN9O7/c1-11-47(67)64-26-25-61(8)56(33-64)19-23-63(24-20-56)54(71)62(9)49(35(3)4)51(68)59-45-29-37-27-39(30-40(57)28-37)38-17-18-46-42(31-38)43(50(65(46)12-2)41-15-13-21-58-48(41)36(5)72-10)32-55(6,7)34-73-53(70)44-16-14-22-66(60-44)52(45)69/h11,13,15,17-18,21,27-28,30-31,35-36,44-45,49,60H,1,12,14,16,19-20,22-26,29,32-34H2,2-10H3,(H,59,68)/t36-,44-,45-,49-/m0/s1. The summed E-state index contributed by atoms with van der Waals surface area (Å²) in [5.41, 5.74) is 8.80. The number of carbonyl (C=O) groups is 5. The molecule has 4 atom stereocenters. The van der Waals surface area contributed by atoms with E-state index in [9.17, 15) is 24.0 Å². The molecule has 2 N–H and O–H groups in total. The number of hydrogen-bond donors (Lipinski definition) is 2. The second kappa shape index (κ2) is 21.7. The first kappa shape index (κ1) is 53.1. The molecule has 3 fully saturated rings. The fraction of sp³-hybridized carbons (Fsp3) is 0.536. The Kier molecular flexibility index (Phi) is 15.8. The number of carbonyl (C=O) groups excluding carboxylic acids is 5. The van der Waals surface area contributed by atoms with Crippen molar-refractivity contribution in [2.24, 2.45) is 11.3 Å². The van der Waals surface area contributed by atoms with E-state index in [0.29, 0.717) is 82.5 Å². The Balaban J connectivity index is 1.13. The molecule has 6 heterocycles. The third-order valence-corrected chi connectivity index (χ3v) is 15.7. The van der Waals surface area contributed by atoms with Crippen LogP contribution in [0.1, 0.15) is 90.2 Å². The Morgan fingerprint density at radius 2 is 1.78 bits per heavy atom. The fourth-order valence-corrected chi connectivity index (χ4v) is 11.6. The number of halogens is 1. The van der Waals surface area contributed by atoms with Crippen LogP contribution in [0.3, 0.4) is 0 Å². The van der Waals surface area contributed by atoms with Gasteiger partial charge < -0.3 is 34.1 Å². The van der Waals surface area contributed by atoms with Gasteiger partial charge in [-0.3, -0.25) is 34.1 Å². The molecule has 0 saturated carbocycles. The molecule has 8 rings (SSSR count). The number of likely N-dealkylation sites (N-methyl/N-ethyl adjacent to an activating group) is 2. The predicted octanol–water partition coefficient (Wildman–Crippen LogP) is 6.76. The lowest BCUT2D eigenvalue weighted by atomic mass is 9.83. The van der Waals surface area contributed by atoms with Crippen molar-refractivity contribution in [1.82, 2.24) is 44.9 Å². The second-order valence-electron chi connectivity index (χ2n) is 21.7. The van der Waals surface area contributed by atoms with Gasteiger partial charge in [-0.15, -0.1) is 0 Å². The highest BCUT2D eigenvalue weighted by Gasteiger charge is 2.45. The molecule has 0 unspecified atom stereocenters. The summed E-state index contributed by atoms with van der Waals surface area (Å²) in [5.74, 6) is -2.52. The van der Waals surface area contributed by atoms with Crippen LogP contribution in [0, 0.1) is 17.2 Å². The van der Waals surface area contributed by atoms with E-state index in [4.69, 9.17) is 14.5 Å². The third-order valence-electron chi connectivity index (χ3n) is 15.7. The normalized spacial score (nSPS) is 21.4. The highest BCUT2D eigenvalue weighted by Crippen LogP contribution is 2.42. The second-order valence-corrected chi connectivity index (χ2v) is 21.7. The number of urea groups is 1. The van der Waals surface area contributed by atoms with Gasteiger partial charge in [0, 0.05) is 100 Å². The van der Waals surface area contributed by atoms with Gasteiger partial charge in [-0.1, -0.05) is 46.4 Å². The summed E-state index contributed by atoms with van der Waals surface area (Å²) in [4.78, 5) is 82.7. The van der Waals surface area contributed by atoms with E-state index in [0.717, 1.165) is 39.0 Å². The van der Waals surface area contributed by atoms with Crippen LogP contribution >= 0.6 is 0 Å². The number of esters is 1. The summed E-state index contributed by atoms with van der Waals surface area (Å²) >= 11 is 0. The number of nitrogens with one attached hydrogen (secondary N) is 2. The van der Waals surface area contributed by atoms with Gasteiger partial charge >= 0.3 is 12.0 Å². The lowest BCUT2D eigenvalue weighted by Gasteiger charge is -2.53. The predicted molar refractivity (Wildman–Crippen MR) is 278 cm³/mol. The zero-order valence-corrected chi connectivity index (χ0v) is 44.1. The maximum absolute atomic E-state index is 16.1. The zero-order valence-electron chi connectivity index (χ0n) is 44.1. The van der Waals surface area contributed by atoms with Crippen molar-refractivity contribution >= 4 is 40.6 Å². The Labute approximate surface area is 429 Å². The van der Waals surface area contributed by atoms with Gasteiger partial charge in [-0.05, 0) is 124 Å². The molecule has 17 heteroatoms. The van der Waals surface area contributed by atoms with Crippen LogP contribution in [0.15, 0.2) is 67.4 Å². The summed E-state index contributed by atoms with van der Waals surface area (Å²) in [6.07, 6.45) is 5.44. The molecule has 1 spiro atoms. The van der Waals surface area contributed by atoms with Gasteiger partial charge in [-0.2, -0.15) is 0 Å². The Morgan fingerprint density at radius 3 is 2.48 bits per heavy atom. The van der Waals surface area contributed by atoms with Crippen molar-refractivity contribution in [3.63, 3.8) is 0 Å². The van der Waals surface area contributed by atoms with Crippen LogP contribution in [-0.4, -0.2) is 155 Å². The number of likely N-dealkylation sites (tertiary alicyclic amines) is 1. The molecule has 73 heavy (non-hydrogen) atoms. The minimum atomic E-state index is -1.22. The first-order valence-electron chi connectivity index (χ1n) is 25.9. The molecule has 16 nitrogen and oxygen atoms in total. The van der Waals surface area contributed by atoms with Crippen molar-refractivity contribution in [1.29, 1.82) is 0 Å². The van der Waals surface area contributed by atoms with Gasteiger partial charge in [0.1, 0.15) is 23.9 Å². The SMILES string of the molecule is C=CC(=O)N1CCN(C)C2(CCN(C(=O)N(C)[C@H](C(=O)N[C@H]3Cc4cc(F)cc(c4)-c4ccc5c(c4)c(c(-c4cccnc4[C@H](C)OC)n5CC)CC(C)(C)COC(=O)[C@@H]4CCCN(N4)C3=O)C(C)C)CC2)C1. The molecular formula is C56H74FN9O7. The maximum Gasteiger partial charge on any atom is 0.324 e. The number of methoxy groups -OCH3 is 1. The summed E-state index contributed by atoms with van der Waals surface area (Å²) in [7, 11) is 5.33. The number of hydrogen-bond acceptors (Lipinski definition) is 10. The number of fused-ring (bicyclic) bond motifs is 6. The molecule has 2 aromatic heterocycles. The van der Waals surface area contributed by atoms with Gasteiger partial charge in [0.25, 0.3) is 5.91 Å². The van der Waals surface area contributed by atoms with Gasteiger partial charge in [0.05, 0.1) is 24.1 Å². The number of piperazine rings is 1. The quantitative estimate of drug-likeness (QED) is 0.136. The van der Waals surface area contributed by atoms with Crippen LogP contribution in [0.2, 0.25) is 0 Å². The maximum atomic E-state index is 16.1. The van der Waals surface area contributed by atoms with Crippen molar-refractivity contribution in [3.8, 4) is 22.4 Å². The Morgan fingerprint density at radius 1 is 1.03 bits per heavy atom. The van der Waals surface area contributed by atoms with Gasteiger partial charge in [0.15, 0.2) is 0 Å². The number of amides is 5. The van der Waals surface area contributed by atoms with Crippen molar-refractivity contribution in [3.05, 3.63) is 90.0 Å². The number of aromatic nitrogens is 2. The van der Waals surface area contributed by atoms with Crippen LogP contribution < -0.4 is 10.7 Å². The Hall–Kier alpha value is -6.17. The van der Waals surface area contributed by atoms with Gasteiger partial charge in [-0.25, -0.2) is 14.6 Å². The van der Waals surface area contributed by atoms with Crippen LogP contribution in [-0.2, 0) is 48.0 Å². The van der Waals surface area contributed by atoms with E-state index in [-0.39, 0.29) is 49.1 Å². The number of benzene rings is 2. The number of hydrazine groups is 1. The molecule has 4 aromatic rings. The third kappa shape index (κ3) is 10.9. The highest BCUT2D eigenvalue weighted by atomic mass is 19.1. The highest BCUT2D eigenvalue weighted by molar-refractivity contribution is 5.96. The van der Waals surface area contributed by atoms with Gasteiger partial charge in [0.2, 0.25) is 11.8 Å². The number of ether oxygens (including phenoxy) is 2. The lowest BCUT2D eigenvalue weighted by Crippen LogP contribution is -2.66. The lowest BCUT2D eigenvalue weighted by molar-refractivity contribution is -0.155. The molecule has 0 radical (unpaired) electrons. The topological polar surface area (TPSA) is 162 Å². The van der Waals surface area contributed by atoms with Crippen molar-refractivity contribution in [2.75, 3.05) is 67.1 Å². The smallest absolute Gasteiger partial charge is 0.324 e. The molecular weight excluding hydrogens is 930 g/mol. The monoisotopic (exact) mass is 1000 g/mol. The van der Waals surface area contributed by atoms with E-state index in [1.807, 2.05) is 43.9 Å². The van der Waals surface area contributed by atoms with Crippen LogP contribution in [0.25, 0.3) is 33.3 Å². The summed E-state index contributed by atoms with van der Waals surface area (Å²) in [6, 6.07) is 11.5. The molecule has 6 bridgehead atoms. The number of cyclic esters (lactones) is 1. The first-order chi connectivity index (χ1) is 34.8. The zero-order chi connectivity index (χ0) is 52.5. The minimum absolute atomic E-state index is 0.0856. The number of piperidine rings is 1. The number of pyridine rings is 1. The number of aryl methyl sites for hydroxylation is 1. The molecule has 5 amide bonds. The van der Waals surface area contributed by atoms with E-state index in [1.165, 1.54) is 28.1 Å². The minimum Gasteiger partial charge on any atom is -0.464 e. The summed E-state index contributed by atoms with van der Waals surface area (Å²) in [6.45, 7) is 19.3. The van der Waals surface area contributed by atoms with E-state index >= 15 is 4.39 Å². The average Bonchev–Trinajstić information content (AvgIpc) is 3.68. The summed E-state index contributed by atoms with van der Waals surface area (Å²) in [5, 5.41) is 5.34.